The van der Waals surface area contributed by atoms with Gasteiger partial charge in [0.2, 0.25) is 5.91 Å². The van der Waals surface area contributed by atoms with E-state index in [4.69, 9.17) is 5.11 Å². The molecule has 0 aliphatic carbocycles. The van der Waals surface area contributed by atoms with Crippen LogP contribution in [0.2, 0.25) is 0 Å². The van der Waals surface area contributed by atoms with Gasteiger partial charge in [-0.2, -0.15) is 0 Å². The quantitative estimate of drug-likeness (QED) is 0.753. The number of unbranched alkanes of at least 4 members (excludes halogenated alkanes) is 1. The fraction of sp³-hybridized carbons (Fsp3) is 0.579. The van der Waals surface area contributed by atoms with Crippen LogP contribution in [-0.2, 0) is 11.3 Å². The van der Waals surface area contributed by atoms with E-state index >= 15 is 0 Å². The Kier molecular flexibility index (Phi) is 6.79. The van der Waals surface area contributed by atoms with Crippen LogP contribution in [0.1, 0.15) is 55.5 Å². The summed E-state index contributed by atoms with van der Waals surface area (Å²) in [5.74, 6) is -0.725. The van der Waals surface area contributed by atoms with Crippen molar-refractivity contribution in [2.75, 3.05) is 13.1 Å². The topological polar surface area (TPSA) is 69.6 Å². The molecule has 24 heavy (non-hydrogen) atoms. The zero-order valence-electron chi connectivity index (χ0n) is 14.6. The smallest absolute Gasteiger partial charge is 0.335 e. The first-order chi connectivity index (χ1) is 11.5. The van der Waals surface area contributed by atoms with E-state index < -0.39 is 5.97 Å². The summed E-state index contributed by atoms with van der Waals surface area (Å²) >= 11 is 0. The Morgan fingerprint density at radius 2 is 2.12 bits per heavy atom. The number of rotatable bonds is 7. The monoisotopic (exact) mass is 332 g/mol. The predicted molar refractivity (Wildman–Crippen MR) is 93.9 cm³/mol. The summed E-state index contributed by atoms with van der Waals surface area (Å²) in [5, 5.41) is 12.2. The first-order valence-corrected chi connectivity index (χ1v) is 8.85. The maximum absolute atomic E-state index is 12.3. The van der Waals surface area contributed by atoms with Crippen LogP contribution in [0.5, 0.6) is 0 Å². The zero-order valence-corrected chi connectivity index (χ0v) is 14.6. The highest BCUT2D eigenvalue weighted by atomic mass is 16.4. The SMILES string of the molecule is CCCCNC(=O)C1CCC(C)N(Cc2cccc(C(=O)O)c2)C1. The van der Waals surface area contributed by atoms with Gasteiger partial charge in [-0.3, -0.25) is 9.69 Å². The fourth-order valence-corrected chi connectivity index (χ4v) is 3.18. The average molecular weight is 332 g/mol. The number of hydrogen-bond donors (Lipinski definition) is 2. The third-order valence-electron chi connectivity index (χ3n) is 4.77. The van der Waals surface area contributed by atoms with E-state index in [0.717, 1.165) is 44.3 Å². The van der Waals surface area contributed by atoms with Crippen LogP contribution in [0.3, 0.4) is 0 Å². The molecule has 2 rings (SSSR count). The summed E-state index contributed by atoms with van der Waals surface area (Å²) in [4.78, 5) is 25.7. The van der Waals surface area contributed by atoms with E-state index in [0.29, 0.717) is 18.2 Å². The lowest BCUT2D eigenvalue weighted by atomic mass is 9.92. The molecular formula is C19H28N2O3. The molecule has 1 aromatic carbocycles. The number of carbonyl (C=O) groups excluding carboxylic acids is 1. The molecule has 1 aromatic rings. The van der Waals surface area contributed by atoms with Gasteiger partial charge in [0.25, 0.3) is 0 Å². The Morgan fingerprint density at radius 3 is 2.83 bits per heavy atom. The number of benzene rings is 1. The Bertz CT molecular complexity index is 573. The van der Waals surface area contributed by atoms with Gasteiger partial charge in [0, 0.05) is 25.7 Å². The molecule has 2 unspecified atom stereocenters. The van der Waals surface area contributed by atoms with Gasteiger partial charge in [-0.1, -0.05) is 25.5 Å². The molecule has 1 saturated heterocycles. The van der Waals surface area contributed by atoms with E-state index in [9.17, 15) is 9.59 Å². The van der Waals surface area contributed by atoms with Crippen molar-refractivity contribution in [2.45, 2.75) is 52.1 Å². The number of carbonyl (C=O) groups is 2. The molecule has 5 nitrogen and oxygen atoms in total. The van der Waals surface area contributed by atoms with Gasteiger partial charge >= 0.3 is 5.97 Å². The van der Waals surface area contributed by atoms with Gasteiger partial charge in [-0.15, -0.1) is 0 Å². The number of aromatic carboxylic acids is 1. The lowest BCUT2D eigenvalue weighted by molar-refractivity contribution is -0.127. The first-order valence-electron chi connectivity index (χ1n) is 8.85. The summed E-state index contributed by atoms with van der Waals surface area (Å²) in [6.07, 6.45) is 4.00. The van der Waals surface area contributed by atoms with E-state index in [-0.39, 0.29) is 11.8 Å². The van der Waals surface area contributed by atoms with Gasteiger partial charge in [-0.25, -0.2) is 4.79 Å². The van der Waals surface area contributed by atoms with Crippen molar-refractivity contribution in [1.82, 2.24) is 10.2 Å². The molecule has 5 heteroatoms. The van der Waals surface area contributed by atoms with Crippen molar-refractivity contribution < 1.29 is 14.7 Å². The van der Waals surface area contributed by atoms with Crippen LogP contribution < -0.4 is 5.32 Å². The predicted octanol–water partition coefficient (Wildman–Crippen LogP) is 2.90. The minimum atomic E-state index is -0.906. The maximum Gasteiger partial charge on any atom is 0.335 e. The zero-order chi connectivity index (χ0) is 17.5. The van der Waals surface area contributed by atoms with Gasteiger partial charge < -0.3 is 10.4 Å². The molecule has 0 aromatic heterocycles. The molecule has 1 heterocycles. The molecular weight excluding hydrogens is 304 g/mol. The molecule has 0 saturated carbocycles. The molecule has 1 aliphatic rings. The minimum Gasteiger partial charge on any atom is -0.478 e. The van der Waals surface area contributed by atoms with E-state index in [1.54, 1.807) is 18.2 Å². The molecule has 2 atom stereocenters. The van der Waals surface area contributed by atoms with Crippen LogP contribution in [0.15, 0.2) is 24.3 Å². The molecule has 0 spiro atoms. The highest BCUT2D eigenvalue weighted by molar-refractivity contribution is 5.87. The Balaban J connectivity index is 1.97. The largest absolute Gasteiger partial charge is 0.478 e. The van der Waals surface area contributed by atoms with Crippen LogP contribution in [0.25, 0.3) is 0 Å². The maximum atomic E-state index is 12.3. The van der Waals surface area contributed by atoms with E-state index in [1.807, 2.05) is 6.07 Å². The number of nitrogens with one attached hydrogen (secondary N) is 1. The number of carboxylic acids is 1. The van der Waals surface area contributed by atoms with E-state index in [1.165, 1.54) is 0 Å². The second-order valence-corrected chi connectivity index (χ2v) is 6.70. The lowest BCUT2D eigenvalue weighted by Crippen LogP contribution is -2.46. The average Bonchev–Trinajstić information content (AvgIpc) is 2.57. The summed E-state index contributed by atoms with van der Waals surface area (Å²) in [5.41, 5.74) is 1.29. The van der Waals surface area contributed by atoms with Gasteiger partial charge in [-0.05, 0) is 43.9 Å². The number of nitrogens with zero attached hydrogens (tertiary/aromatic N) is 1. The number of amides is 1. The van der Waals surface area contributed by atoms with Crippen LogP contribution >= 0.6 is 0 Å². The first kappa shape index (κ1) is 18.5. The molecule has 0 bridgehead atoms. The lowest BCUT2D eigenvalue weighted by Gasteiger charge is -2.37. The fourth-order valence-electron chi connectivity index (χ4n) is 3.18. The van der Waals surface area contributed by atoms with Crippen molar-refractivity contribution in [2.24, 2.45) is 5.92 Å². The number of likely N-dealkylation sites (tertiary alicyclic amines) is 1. The highest BCUT2D eigenvalue weighted by Gasteiger charge is 2.29. The molecule has 1 fully saturated rings. The third-order valence-corrected chi connectivity index (χ3v) is 4.77. The molecule has 132 valence electrons. The van der Waals surface area contributed by atoms with Crippen molar-refractivity contribution in [3.63, 3.8) is 0 Å². The van der Waals surface area contributed by atoms with Crippen molar-refractivity contribution in [3.8, 4) is 0 Å². The number of carboxylic acid groups (broad SMARTS) is 1. The third kappa shape index (κ3) is 5.06. The summed E-state index contributed by atoms with van der Waals surface area (Å²) in [7, 11) is 0. The van der Waals surface area contributed by atoms with Crippen LogP contribution in [0, 0.1) is 5.92 Å². The summed E-state index contributed by atoms with van der Waals surface area (Å²) in [6.45, 7) is 6.45. The number of hydrogen-bond acceptors (Lipinski definition) is 3. The van der Waals surface area contributed by atoms with Gasteiger partial charge in [0.15, 0.2) is 0 Å². The van der Waals surface area contributed by atoms with Crippen LogP contribution in [0.4, 0.5) is 0 Å². The van der Waals surface area contributed by atoms with Gasteiger partial charge in [0.1, 0.15) is 0 Å². The molecule has 2 N–H and O–H groups in total. The standard InChI is InChI=1S/C19H28N2O3/c1-3-4-10-20-18(22)17-9-8-14(2)21(13-17)12-15-6-5-7-16(11-15)19(23)24/h5-7,11,14,17H,3-4,8-10,12-13H2,1-2H3,(H,20,22)(H,23,24). The Hall–Kier alpha value is -1.88. The summed E-state index contributed by atoms with van der Waals surface area (Å²) < 4.78 is 0. The Labute approximate surface area is 144 Å². The Morgan fingerprint density at radius 1 is 1.33 bits per heavy atom. The second kappa shape index (κ2) is 8.83. The highest BCUT2D eigenvalue weighted by Crippen LogP contribution is 2.24. The molecule has 0 radical (unpaired) electrons. The number of piperidine rings is 1. The van der Waals surface area contributed by atoms with Crippen LogP contribution in [-0.4, -0.2) is 41.0 Å². The van der Waals surface area contributed by atoms with E-state index in [2.05, 4.69) is 24.1 Å². The van der Waals surface area contributed by atoms with Crippen molar-refractivity contribution >= 4 is 11.9 Å². The normalized spacial score (nSPS) is 21.4. The molecule has 1 amide bonds. The minimum absolute atomic E-state index is 0.0284. The van der Waals surface area contributed by atoms with Crippen molar-refractivity contribution in [3.05, 3.63) is 35.4 Å². The molecule has 1 aliphatic heterocycles. The second-order valence-electron chi connectivity index (χ2n) is 6.70. The van der Waals surface area contributed by atoms with Gasteiger partial charge in [0.05, 0.1) is 11.5 Å². The van der Waals surface area contributed by atoms with Crippen molar-refractivity contribution in [1.29, 1.82) is 0 Å². The summed E-state index contributed by atoms with van der Waals surface area (Å²) in [6, 6.07) is 7.46.